The molecule has 17 nitrogen and oxygen atoms in total. The molecule has 21 heteroatoms. The zero-order valence-electron chi connectivity index (χ0n) is 37.4. The van der Waals surface area contributed by atoms with Gasteiger partial charge in [0.15, 0.2) is 17.0 Å². The highest BCUT2D eigenvalue weighted by molar-refractivity contribution is 7.13. The average Bonchev–Trinajstić information content (AvgIpc) is 4.15. The number of thiazole rings is 1. The molecule has 1 spiro atoms. The number of alkyl halides is 2. The van der Waals surface area contributed by atoms with E-state index < -0.39 is 36.3 Å². The maximum Gasteiger partial charge on any atom is 0.329 e. The van der Waals surface area contributed by atoms with Crippen LogP contribution in [0.15, 0.2) is 78.7 Å². The summed E-state index contributed by atoms with van der Waals surface area (Å²) in [6.45, 7) is 3.38. The van der Waals surface area contributed by atoms with Gasteiger partial charge in [0.2, 0.25) is 11.8 Å². The minimum atomic E-state index is -3.09. The number of hydrogen-bond donors (Lipinski definition) is 2. The van der Waals surface area contributed by atoms with Gasteiger partial charge in [0.05, 0.1) is 47.4 Å². The molecule has 4 saturated heterocycles. The predicted octanol–water partition coefficient (Wildman–Crippen LogP) is 5.78. The number of nitrogens with zero attached hydrogens (tertiary/aromatic N) is 11. The zero-order chi connectivity index (χ0) is 47.3. The van der Waals surface area contributed by atoms with Gasteiger partial charge in [-0.2, -0.15) is 10.2 Å². The van der Waals surface area contributed by atoms with Crippen LogP contribution in [0.5, 0.6) is 0 Å². The van der Waals surface area contributed by atoms with Gasteiger partial charge in [-0.1, -0.05) is 18.2 Å². The van der Waals surface area contributed by atoms with E-state index >= 15 is 13.2 Å². The lowest BCUT2D eigenvalue weighted by Crippen LogP contribution is -2.73. The van der Waals surface area contributed by atoms with Crippen molar-refractivity contribution in [2.75, 3.05) is 67.5 Å². The second kappa shape index (κ2) is 16.3. The fourth-order valence-electron chi connectivity index (χ4n) is 11.0. The van der Waals surface area contributed by atoms with Gasteiger partial charge in [0.1, 0.15) is 5.82 Å². The minimum absolute atomic E-state index is 0.0521. The van der Waals surface area contributed by atoms with Crippen LogP contribution >= 0.6 is 11.3 Å². The van der Waals surface area contributed by atoms with E-state index in [0.717, 1.165) is 49.4 Å². The minimum Gasteiger partial charge on any atom is -0.370 e. The quantitative estimate of drug-likeness (QED) is 0.171. The van der Waals surface area contributed by atoms with Crippen molar-refractivity contribution >= 4 is 73.5 Å². The molecule has 2 atom stereocenters. The molecule has 69 heavy (non-hydrogen) atoms. The third kappa shape index (κ3) is 7.58. The van der Waals surface area contributed by atoms with Gasteiger partial charge in [-0.25, -0.2) is 27.9 Å². The number of urea groups is 1. The van der Waals surface area contributed by atoms with Crippen LogP contribution in [0.3, 0.4) is 0 Å². The highest BCUT2D eigenvalue weighted by atomic mass is 32.1. The number of halogens is 3. The first-order valence-corrected chi connectivity index (χ1v) is 23.9. The molecule has 5 amide bonds. The average molecular weight is 958 g/mol. The number of aromatic nitrogens is 7. The maximum absolute atomic E-state index is 15.9. The number of hydrogen-bond acceptors (Lipinski definition) is 11. The van der Waals surface area contributed by atoms with Crippen LogP contribution in [0, 0.1) is 11.2 Å². The number of likely N-dealkylation sites (tertiary alicyclic amines) is 2. The molecule has 1 unspecified atom stereocenters. The van der Waals surface area contributed by atoms with E-state index in [9.17, 15) is 19.2 Å². The van der Waals surface area contributed by atoms with Gasteiger partial charge in [-0.3, -0.25) is 44.2 Å². The second-order valence-electron chi connectivity index (χ2n) is 19.0. The van der Waals surface area contributed by atoms with E-state index in [1.54, 1.807) is 63.8 Å². The van der Waals surface area contributed by atoms with Gasteiger partial charge >= 0.3 is 6.03 Å². The Hall–Kier alpha value is -7.13. The molecule has 7 aromatic rings. The molecule has 9 heterocycles. The van der Waals surface area contributed by atoms with Crippen molar-refractivity contribution in [2.45, 2.75) is 50.1 Å². The Kier molecular flexibility index (Phi) is 10.2. The van der Waals surface area contributed by atoms with Crippen molar-refractivity contribution in [1.29, 1.82) is 0 Å². The number of piperidine rings is 1. The van der Waals surface area contributed by atoms with E-state index in [-0.39, 0.29) is 49.1 Å². The Balaban J connectivity index is 0.657. The summed E-state index contributed by atoms with van der Waals surface area (Å²) in [7, 11) is 1.69. The first-order valence-electron chi connectivity index (χ1n) is 23.0. The monoisotopic (exact) mass is 957 g/mol. The van der Waals surface area contributed by atoms with Crippen molar-refractivity contribution < 1.29 is 32.3 Å². The lowest BCUT2D eigenvalue weighted by atomic mass is 9.72. The summed E-state index contributed by atoms with van der Waals surface area (Å²) in [5.74, 6) is -5.10. The van der Waals surface area contributed by atoms with Crippen LogP contribution in [0.25, 0.3) is 32.9 Å². The first kappa shape index (κ1) is 43.2. The molecule has 12 rings (SSSR count). The fraction of sp³-hybridized carbons (Fsp3) is 0.375. The molecule has 0 saturated carbocycles. The number of imide groups is 1. The number of amides is 5. The van der Waals surface area contributed by atoms with Crippen LogP contribution in [-0.4, -0.2) is 126 Å². The van der Waals surface area contributed by atoms with Gasteiger partial charge in [0, 0.05) is 92.7 Å². The molecule has 0 aliphatic carbocycles. The Labute approximate surface area is 396 Å². The van der Waals surface area contributed by atoms with Gasteiger partial charge in [-0.05, 0) is 78.9 Å². The lowest BCUT2D eigenvalue weighted by Gasteiger charge is -2.61. The predicted molar refractivity (Wildman–Crippen MR) is 251 cm³/mol. The number of carbonyl (C=O) groups is 4. The Bertz CT molecular complexity index is 3210. The summed E-state index contributed by atoms with van der Waals surface area (Å²) in [5, 5.41) is 17.5. The van der Waals surface area contributed by atoms with Crippen LogP contribution in [0.1, 0.15) is 48.2 Å². The van der Waals surface area contributed by atoms with Gasteiger partial charge < -0.3 is 14.4 Å². The maximum atomic E-state index is 15.9. The second-order valence-corrected chi connectivity index (χ2v) is 19.9. The van der Waals surface area contributed by atoms with Crippen molar-refractivity contribution in [3.63, 3.8) is 0 Å². The summed E-state index contributed by atoms with van der Waals surface area (Å²) >= 11 is 1.31. The largest absolute Gasteiger partial charge is 0.370 e. The number of carbonyl (C=O) groups excluding carboxylic acids is 4. The van der Waals surface area contributed by atoms with Crippen molar-refractivity contribution in [2.24, 2.45) is 12.5 Å². The summed E-state index contributed by atoms with van der Waals surface area (Å²) < 4.78 is 52.7. The number of imidazole rings is 1. The number of benzene rings is 3. The Morgan fingerprint density at radius 1 is 0.928 bits per heavy atom. The zero-order valence-corrected chi connectivity index (χ0v) is 38.3. The molecule has 2 N–H and O–H groups in total. The third-order valence-corrected chi connectivity index (χ3v) is 15.1. The molecule has 5 aliphatic heterocycles. The molecule has 4 aromatic heterocycles. The highest BCUT2D eigenvalue weighted by Gasteiger charge is 2.54. The molecular formula is C48H46F3N13O4S. The summed E-state index contributed by atoms with van der Waals surface area (Å²) in [4.78, 5) is 67.1. The van der Waals surface area contributed by atoms with E-state index in [4.69, 9.17) is 5.10 Å². The number of anilines is 3. The van der Waals surface area contributed by atoms with Crippen LogP contribution in [0.4, 0.5) is 34.6 Å². The summed E-state index contributed by atoms with van der Waals surface area (Å²) in [5.41, 5.74) is 5.42. The Morgan fingerprint density at radius 3 is 2.52 bits per heavy atom. The van der Waals surface area contributed by atoms with Crippen molar-refractivity contribution in [1.82, 2.24) is 49.2 Å². The van der Waals surface area contributed by atoms with E-state index in [0.29, 0.717) is 69.2 Å². The van der Waals surface area contributed by atoms with Crippen LogP contribution < -0.4 is 20.4 Å². The number of fused-ring (bicyclic) bond motifs is 3. The number of nitrogens with one attached hydrogen (secondary N) is 2. The van der Waals surface area contributed by atoms with Gasteiger partial charge in [0.25, 0.3) is 11.8 Å². The van der Waals surface area contributed by atoms with E-state index in [2.05, 4.69) is 30.6 Å². The SMILES string of the molecule is Cn1nc(N2CCC(=O)NC2=O)c2ccc([C@H]3CCN(CC(=O)N4CC5(C4)CN(c4ccc(-c6cc(F)c7cn(C(C(=O)Nc8nccs8)c8ncn9c8CCC9)nc7c6)cc4)C5)CC3(F)F)cc21. The molecule has 5 aliphatic rings. The number of rotatable bonds is 10. The molecular weight excluding hydrogens is 912 g/mol. The van der Waals surface area contributed by atoms with Crippen LogP contribution in [0.2, 0.25) is 0 Å². The molecule has 0 radical (unpaired) electrons. The van der Waals surface area contributed by atoms with Crippen molar-refractivity contribution in [3.05, 3.63) is 101 Å². The third-order valence-electron chi connectivity index (χ3n) is 14.4. The van der Waals surface area contributed by atoms with E-state index in [1.807, 2.05) is 34.9 Å². The van der Waals surface area contributed by atoms with Gasteiger partial charge in [-0.15, -0.1) is 11.3 Å². The number of aryl methyl sites for hydroxylation is 2. The van der Waals surface area contributed by atoms with Crippen molar-refractivity contribution in [3.8, 4) is 11.1 Å². The summed E-state index contributed by atoms with van der Waals surface area (Å²) in [6, 6.07) is 14.8. The lowest BCUT2D eigenvalue weighted by molar-refractivity contribution is -0.149. The topological polar surface area (TPSA) is 172 Å². The molecule has 354 valence electrons. The first-order chi connectivity index (χ1) is 33.3. The molecule has 4 fully saturated rings. The molecule has 0 bridgehead atoms. The van der Waals surface area contributed by atoms with Crippen LogP contribution in [-0.2, 0) is 34.4 Å². The van der Waals surface area contributed by atoms with E-state index in [1.165, 1.54) is 27.0 Å². The fourth-order valence-corrected chi connectivity index (χ4v) is 11.5. The molecule has 3 aromatic carbocycles. The normalized spacial score (nSPS) is 20.3. The smallest absolute Gasteiger partial charge is 0.329 e. The summed E-state index contributed by atoms with van der Waals surface area (Å²) in [6.07, 6.45) is 6.96. The standard InChI is InChI=1S/C48H46F3N13O4S/c1-58-38-19-29(6-9-32(38)43(57-58)63-15-11-39(65)54-46(63)68)34-10-14-59(26-48(34,50)51)21-40(66)62-24-47(25-62)22-61(23-47)31-7-4-28(5-8-31)30-17-35(49)33-20-64(56-36(33)18-30)42(44(67)55-45-52-12-16-69-45)41-37-3-2-13-60(37)27-53-41/h4-9,12,16-20,27,34,42H,2-3,10-11,13-15,21-26H2,1H3,(H,52,55,67)(H,54,65,68)/t34-,42?/m1/s1. The Morgan fingerprint density at radius 2 is 1.75 bits per heavy atom. The highest BCUT2D eigenvalue weighted by Crippen LogP contribution is 2.44.